The van der Waals surface area contributed by atoms with Gasteiger partial charge < -0.3 is 11.5 Å². The molecule has 0 saturated heterocycles. The molecule has 0 aromatic heterocycles. The third kappa shape index (κ3) is 12.4. The van der Waals surface area contributed by atoms with E-state index in [-0.39, 0.29) is 0 Å². The lowest BCUT2D eigenvalue weighted by Crippen LogP contribution is -2.21. The second-order valence-corrected chi connectivity index (χ2v) is 5.80. The van der Waals surface area contributed by atoms with Crippen molar-refractivity contribution in [1.82, 2.24) is 0 Å². The van der Waals surface area contributed by atoms with Gasteiger partial charge in [0.05, 0.1) is 0 Å². The first-order chi connectivity index (χ1) is 8.70. The minimum Gasteiger partial charge on any atom is -0.328 e. The molecule has 18 heavy (non-hydrogen) atoms. The summed E-state index contributed by atoms with van der Waals surface area (Å²) in [5.41, 5.74) is 12.2. The summed E-state index contributed by atoms with van der Waals surface area (Å²) in [6.45, 7) is 4.48. The first kappa shape index (κ1) is 17.9. The van der Waals surface area contributed by atoms with Crippen LogP contribution in [0.25, 0.3) is 0 Å². The molecule has 0 aliphatic heterocycles. The Morgan fingerprint density at radius 1 is 0.556 bits per heavy atom. The minimum absolute atomic E-state index is 0.424. The maximum absolute atomic E-state index is 6.10. The van der Waals surface area contributed by atoms with Gasteiger partial charge in [0.2, 0.25) is 0 Å². The minimum atomic E-state index is 0.424. The first-order valence-corrected chi connectivity index (χ1v) is 8.21. The van der Waals surface area contributed by atoms with E-state index in [1.165, 1.54) is 77.0 Å². The summed E-state index contributed by atoms with van der Waals surface area (Å²) in [5.74, 6) is 0. The van der Waals surface area contributed by atoms with Crippen molar-refractivity contribution in [3.8, 4) is 0 Å². The Labute approximate surface area is 115 Å². The Bertz CT molecular complexity index is 141. The first-order valence-electron chi connectivity index (χ1n) is 8.21. The Kier molecular flexibility index (Phi) is 13.3. The van der Waals surface area contributed by atoms with Crippen LogP contribution in [0.3, 0.4) is 0 Å². The predicted octanol–water partition coefficient (Wildman–Crippen LogP) is 4.36. The highest BCUT2D eigenvalue weighted by Gasteiger charge is 2.04. The third-order valence-electron chi connectivity index (χ3n) is 3.76. The van der Waals surface area contributed by atoms with Gasteiger partial charge in [-0.25, -0.2) is 0 Å². The van der Waals surface area contributed by atoms with E-state index in [0.29, 0.717) is 12.1 Å². The SMILES string of the molecule is CCCCCC(N)CCCCC(N)CCCCC. The van der Waals surface area contributed by atoms with Crippen molar-refractivity contribution in [3.63, 3.8) is 0 Å². The Balaban J connectivity index is 3.27. The molecular formula is C16H36N2. The maximum Gasteiger partial charge on any atom is 0.00388 e. The molecule has 2 atom stereocenters. The van der Waals surface area contributed by atoms with Crippen LogP contribution >= 0.6 is 0 Å². The highest BCUT2D eigenvalue weighted by atomic mass is 14.6. The molecule has 4 N–H and O–H groups in total. The summed E-state index contributed by atoms with van der Waals surface area (Å²) in [6.07, 6.45) is 15.1. The molecule has 0 fully saturated rings. The normalized spacial score (nSPS) is 14.7. The van der Waals surface area contributed by atoms with Gasteiger partial charge in [-0.1, -0.05) is 65.2 Å². The van der Waals surface area contributed by atoms with Crippen molar-refractivity contribution in [2.45, 2.75) is 103 Å². The third-order valence-corrected chi connectivity index (χ3v) is 3.76. The molecule has 0 saturated carbocycles. The molecule has 0 amide bonds. The van der Waals surface area contributed by atoms with E-state index in [1.807, 2.05) is 0 Å². The number of unbranched alkanes of at least 4 members (excludes halogenated alkanes) is 5. The van der Waals surface area contributed by atoms with Crippen LogP contribution in [0.5, 0.6) is 0 Å². The molecule has 0 radical (unpaired) electrons. The summed E-state index contributed by atoms with van der Waals surface area (Å²) in [6, 6.07) is 0.848. The molecule has 0 rings (SSSR count). The lowest BCUT2D eigenvalue weighted by atomic mass is 9.99. The van der Waals surface area contributed by atoms with Crippen LogP contribution in [0.1, 0.15) is 90.9 Å². The lowest BCUT2D eigenvalue weighted by molar-refractivity contribution is 0.466. The highest BCUT2D eigenvalue weighted by molar-refractivity contribution is 4.65. The van der Waals surface area contributed by atoms with E-state index in [9.17, 15) is 0 Å². The second kappa shape index (κ2) is 13.4. The van der Waals surface area contributed by atoms with Crippen LogP contribution in [0.2, 0.25) is 0 Å². The van der Waals surface area contributed by atoms with Gasteiger partial charge in [-0.05, 0) is 25.7 Å². The van der Waals surface area contributed by atoms with Crippen LogP contribution in [0, 0.1) is 0 Å². The van der Waals surface area contributed by atoms with Crippen LogP contribution < -0.4 is 11.5 Å². The van der Waals surface area contributed by atoms with Crippen LogP contribution in [0.4, 0.5) is 0 Å². The van der Waals surface area contributed by atoms with Crippen LogP contribution in [-0.2, 0) is 0 Å². The van der Waals surface area contributed by atoms with Crippen molar-refractivity contribution >= 4 is 0 Å². The van der Waals surface area contributed by atoms with Crippen molar-refractivity contribution in [2.75, 3.05) is 0 Å². The molecule has 2 heteroatoms. The molecule has 0 aromatic rings. The van der Waals surface area contributed by atoms with Gasteiger partial charge in [0.1, 0.15) is 0 Å². The Hall–Kier alpha value is -0.0800. The average molecular weight is 256 g/mol. The van der Waals surface area contributed by atoms with Crippen LogP contribution in [0.15, 0.2) is 0 Å². The maximum atomic E-state index is 6.10. The molecule has 0 aliphatic rings. The zero-order valence-corrected chi connectivity index (χ0v) is 12.8. The Morgan fingerprint density at radius 2 is 0.833 bits per heavy atom. The monoisotopic (exact) mass is 256 g/mol. The van der Waals surface area contributed by atoms with Crippen LogP contribution in [-0.4, -0.2) is 12.1 Å². The van der Waals surface area contributed by atoms with Crippen molar-refractivity contribution in [3.05, 3.63) is 0 Å². The smallest absolute Gasteiger partial charge is 0.00388 e. The van der Waals surface area contributed by atoms with Gasteiger partial charge in [-0.2, -0.15) is 0 Å². The van der Waals surface area contributed by atoms with E-state index >= 15 is 0 Å². The summed E-state index contributed by atoms with van der Waals surface area (Å²) >= 11 is 0. The number of rotatable bonds is 13. The molecule has 2 nitrogen and oxygen atoms in total. The summed E-state index contributed by atoms with van der Waals surface area (Å²) in [7, 11) is 0. The van der Waals surface area contributed by atoms with E-state index < -0.39 is 0 Å². The van der Waals surface area contributed by atoms with E-state index in [4.69, 9.17) is 11.5 Å². The standard InChI is InChI=1S/C16H36N2/c1-3-5-7-11-15(17)13-9-10-14-16(18)12-8-6-4-2/h15-16H,3-14,17-18H2,1-2H3. The largest absolute Gasteiger partial charge is 0.328 e. The van der Waals surface area contributed by atoms with Gasteiger partial charge in [0.15, 0.2) is 0 Å². The molecule has 0 aliphatic carbocycles. The number of hydrogen-bond donors (Lipinski definition) is 2. The van der Waals surface area contributed by atoms with Crippen molar-refractivity contribution < 1.29 is 0 Å². The lowest BCUT2D eigenvalue weighted by Gasteiger charge is -2.13. The molecule has 110 valence electrons. The quantitative estimate of drug-likeness (QED) is 0.481. The zero-order valence-electron chi connectivity index (χ0n) is 12.8. The highest BCUT2D eigenvalue weighted by Crippen LogP contribution is 2.12. The molecular weight excluding hydrogens is 220 g/mol. The Morgan fingerprint density at radius 3 is 1.11 bits per heavy atom. The van der Waals surface area contributed by atoms with E-state index in [1.54, 1.807) is 0 Å². The van der Waals surface area contributed by atoms with Crippen molar-refractivity contribution in [2.24, 2.45) is 11.5 Å². The van der Waals surface area contributed by atoms with Crippen molar-refractivity contribution in [1.29, 1.82) is 0 Å². The summed E-state index contributed by atoms with van der Waals surface area (Å²) in [4.78, 5) is 0. The second-order valence-electron chi connectivity index (χ2n) is 5.80. The van der Waals surface area contributed by atoms with Gasteiger partial charge in [-0.3, -0.25) is 0 Å². The summed E-state index contributed by atoms with van der Waals surface area (Å²) in [5, 5.41) is 0. The van der Waals surface area contributed by atoms with Gasteiger partial charge in [0.25, 0.3) is 0 Å². The predicted molar refractivity (Wildman–Crippen MR) is 82.7 cm³/mol. The number of nitrogens with two attached hydrogens (primary N) is 2. The van der Waals surface area contributed by atoms with Gasteiger partial charge >= 0.3 is 0 Å². The van der Waals surface area contributed by atoms with Gasteiger partial charge in [0, 0.05) is 12.1 Å². The van der Waals surface area contributed by atoms with E-state index in [0.717, 1.165) is 0 Å². The molecule has 0 bridgehead atoms. The number of hydrogen-bond acceptors (Lipinski definition) is 2. The topological polar surface area (TPSA) is 52.0 Å². The molecule has 0 heterocycles. The zero-order chi connectivity index (χ0) is 13.6. The van der Waals surface area contributed by atoms with E-state index in [2.05, 4.69) is 13.8 Å². The fraction of sp³-hybridized carbons (Fsp3) is 1.00. The average Bonchev–Trinajstić information content (AvgIpc) is 2.35. The molecule has 2 unspecified atom stereocenters. The van der Waals surface area contributed by atoms with Gasteiger partial charge in [-0.15, -0.1) is 0 Å². The molecule has 0 spiro atoms. The fourth-order valence-corrected chi connectivity index (χ4v) is 2.41. The fourth-order valence-electron chi connectivity index (χ4n) is 2.41. The summed E-state index contributed by atoms with van der Waals surface area (Å²) < 4.78 is 0. The molecule has 0 aromatic carbocycles.